The number of ether oxygens (including phenoxy) is 1. The van der Waals surface area contributed by atoms with Crippen molar-refractivity contribution in [1.82, 2.24) is 10.6 Å². The Hall–Kier alpha value is -1.26. The summed E-state index contributed by atoms with van der Waals surface area (Å²) >= 11 is 0. The van der Waals surface area contributed by atoms with Crippen LogP contribution in [0.15, 0.2) is 0 Å². The van der Waals surface area contributed by atoms with Gasteiger partial charge < -0.3 is 15.4 Å². The average Bonchev–Trinajstić information content (AvgIpc) is 2.75. The zero-order valence-electron chi connectivity index (χ0n) is 13.3. The van der Waals surface area contributed by atoms with Gasteiger partial charge in [-0.05, 0) is 39.5 Å². The van der Waals surface area contributed by atoms with E-state index in [0.717, 1.165) is 25.7 Å². The van der Waals surface area contributed by atoms with Crippen molar-refractivity contribution in [1.29, 1.82) is 0 Å². The van der Waals surface area contributed by atoms with Crippen molar-refractivity contribution in [2.45, 2.75) is 78.0 Å². The van der Waals surface area contributed by atoms with E-state index in [2.05, 4.69) is 10.6 Å². The number of hydrogen-bond acceptors (Lipinski definition) is 3. The van der Waals surface area contributed by atoms with Crippen LogP contribution in [0.5, 0.6) is 0 Å². The summed E-state index contributed by atoms with van der Waals surface area (Å²) < 4.78 is 5.21. The van der Waals surface area contributed by atoms with Crippen LogP contribution in [-0.4, -0.2) is 29.7 Å². The fraction of sp³-hybridized carbons (Fsp3) is 0.867. The summed E-state index contributed by atoms with van der Waals surface area (Å²) in [5.41, 5.74) is -0.562. The lowest BCUT2D eigenvalue weighted by Crippen LogP contribution is -2.52. The Morgan fingerprint density at radius 1 is 1.15 bits per heavy atom. The maximum atomic E-state index is 12.3. The molecule has 5 heteroatoms. The van der Waals surface area contributed by atoms with Gasteiger partial charge in [0.05, 0.1) is 0 Å². The lowest BCUT2D eigenvalue weighted by atomic mass is 10.0. The molecule has 0 saturated heterocycles. The zero-order chi connectivity index (χ0) is 15.3. The van der Waals surface area contributed by atoms with E-state index in [-0.39, 0.29) is 17.9 Å². The second-order valence-corrected chi connectivity index (χ2v) is 6.86. The highest BCUT2D eigenvalue weighted by molar-refractivity contribution is 5.86. The van der Waals surface area contributed by atoms with Gasteiger partial charge in [-0.25, -0.2) is 4.79 Å². The topological polar surface area (TPSA) is 67.4 Å². The lowest BCUT2D eigenvalue weighted by Gasteiger charge is -2.26. The minimum Gasteiger partial charge on any atom is -0.444 e. The van der Waals surface area contributed by atoms with Crippen LogP contribution in [-0.2, 0) is 9.53 Å². The van der Waals surface area contributed by atoms with Crippen molar-refractivity contribution < 1.29 is 14.3 Å². The molecular weight excluding hydrogens is 256 g/mol. The minimum absolute atomic E-state index is 0.0175. The van der Waals surface area contributed by atoms with Crippen LogP contribution in [0.2, 0.25) is 0 Å². The van der Waals surface area contributed by atoms with Gasteiger partial charge >= 0.3 is 6.09 Å². The van der Waals surface area contributed by atoms with Crippen molar-refractivity contribution in [2.75, 3.05) is 0 Å². The molecule has 1 fully saturated rings. The van der Waals surface area contributed by atoms with E-state index in [9.17, 15) is 9.59 Å². The quantitative estimate of drug-likeness (QED) is 0.834. The van der Waals surface area contributed by atoms with Gasteiger partial charge in [0.25, 0.3) is 0 Å². The van der Waals surface area contributed by atoms with Gasteiger partial charge in [0.1, 0.15) is 11.6 Å². The normalized spacial score (nSPS) is 17.9. The van der Waals surface area contributed by atoms with Crippen LogP contribution in [0.3, 0.4) is 0 Å². The van der Waals surface area contributed by atoms with Gasteiger partial charge in [-0.2, -0.15) is 0 Å². The van der Waals surface area contributed by atoms with Crippen LogP contribution in [0, 0.1) is 5.92 Å². The third kappa shape index (κ3) is 5.80. The van der Waals surface area contributed by atoms with Gasteiger partial charge in [-0.15, -0.1) is 0 Å². The number of carbonyl (C=O) groups excluding carboxylic acids is 2. The minimum atomic E-state index is -0.562. The Morgan fingerprint density at radius 3 is 2.15 bits per heavy atom. The molecule has 1 saturated carbocycles. The largest absolute Gasteiger partial charge is 0.444 e. The molecule has 1 aliphatic carbocycles. The average molecular weight is 284 g/mol. The maximum Gasteiger partial charge on any atom is 0.408 e. The van der Waals surface area contributed by atoms with Crippen molar-refractivity contribution in [3.63, 3.8) is 0 Å². The summed E-state index contributed by atoms with van der Waals surface area (Å²) in [4.78, 5) is 24.1. The number of alkyl carbamates (subject to hydrolysis) is 1. The second-order valence-electron chi connectivity index (χ2n) is 6.86. The third-order valence-corrected chi connectivity index (χ3v) is 3.32. The van der Waals surface area contributed by atoms with Gasteiger partial charge in [0.2, 0.25) is 5.91 Å². The molecule has 0 bridgehead atoms. The Labute approximate surface area is 121 Å². The van der Waals surface area contributed by atoms with Gasteiger partial charge in [-0.1, -0.05) is 26.7 Å². The Bertz CT molecular complexity index is 342. The second kappa shape index (κ2) is 6.95. The summed E-state index contributed by atoms with van der Waals surface area (Å²) in [5.74, 6) is -0.0957. The number of rotatable bonds is 4. The first-order chi connectivity index (χ1) is 9.19. The van der Waals surface area contributed by atoms with E-state index in [1.807, 2.05) is 13.8 Å². The number of nitrogens with one attached hydrogen (secondary N) is 2. The molecule has 0 aliphatic heterocycles. The van der Waals surface area contributed by atoms with Crippen molar-refractivity contribution in [2.24, 2.45) is 5.92 Å². The molecule has 5 nitrogen and oxygen atoms in total. The number of amides is 2. The lowest BCUT2D eigenvalue weighted by molar-refractivity contribution is -0.124. The number of hydrogen-bond donors (Lipinski definition) is 2. The van der Waals surface area contributed by atoms with E-state index >= 15 is 0 Å². The Kier molecular flexibility index (Phi) is 5.84. The van der Waals surface area contributed by atoms with Crippen LogP contribution >= 0.6 is 0 Å². The molecule has 0 unspecified atom stereocenters. The molecule has 2 amide bonds. The molecule has 0 radical (unpaired) electrons. The molecule has 1 rings (SSSR count). The fourth-order valence-corrected chi connectivity index (χ4v) is 2.33. The Morgan fingerprint density at radius 2 is 1.70 bits per heavy atom. The number of carbonyl (C=O) groups is 2. The molecule has 0 aromatic carbocycles. The van der Waals surface area contributed by atoms with Crippen molar-refractivity contribution in [3.05, 3.63) is 0 Å². The maximum absolute atomic E-state index is 12.3. The molecule has 116 valence electrons. The first-order valence-electron chi connectivity index (χ1n) is 7.49. The van der Waals surface area contributed by atoms with Gasteiger partial charge in [0, 0.05) is 6.04 Å². The molecule has 0 heterocycles. The highest BCUT2D eigenvalue weighted by atomic mass is 16.6. The monoisotopic (exact) mass is 284 g/mol. The molecule has 0 aromatic heterocycles. The zero-order valence-corrected chi connectivity index (χ0v) is 13.3. The molecule has 2 N–H and O–H groups in total. The van der Waals surface area contributed by atoms with Crippen molar-refractivity contribution >= 4 is 12.0 Å². The highest BCUT2D eigenvalue weighted by Crippen LogP contribution is 2.18. The predicted molar refractivity (Wildman–Crippen MR) is 78.4 cm³/mol. The van der Waals surface area contributed by atoms with Crippen LogP contribution in [0.1, 0.15) is 60.3 Å². The summed E-state index contributed by atoms with van der Waals surface area (Å²) in [6.45, 7) is 9.23. The highest BCUT2D eigenvalue weighted by Gasteiger charge is 2.28. The van der Waals surface area contributed by atoms with Crippen LogP contribution in [0.25, 0.3) is 0 Å². The third-order valence-electron chi connectivity index (χ3n) is 3.32. The summed E-state index contributed by atoms with van der Waals surface area (Å²) in [5, 5.41) is 5.69. The summed E-state index contributed by atoms with van der Waals surface area (Å²) in [7, 11) is 0. The first kappa shape index (κ1) is 16.8. The SMILES string of the molecule is CC(C)[C@@H](NC(=O)OC(C)(C)C)C(=O)NC1CCCC1. The van der Waals surface area contributed by atoms with E-state index in [0.29, 0.717) is 0 Å². The molecule has 1 aliphatic rings. The fourth-order valence-electron chi connectivity index (χ4n) is 2.33. The van der Waals surface area contributed by atoms with Crippen LogP contribution < -0.4 is 10.6 Å². The van der Waals surface area contributed by atoms with E-state index < -0.39 is 17.7 Å². The summed E-state index contributed by atoms with van der Waals surface area (Å²) in [6.07, 6.45) is 3.84. The molecule has 0 spiro atoms. The van der Waals surface area contributed by atoms with Crippen LogP contribution in [0.4, 0.5) is 4.79 Å². The van der Waals surface area contributed by atoms with Gasteiger partial charge in [-0.3, -0.25) is 4.79 Å². The smallest absolute Gasteiger partial charge is 0.408 e. The summed E-state index contributed by atoms with van der Waals surface area (Å²) in [6, 6.07) is -0.297. The molecule has 0 aromatic rings. The van der Waals surface area contributed by atoms with E-state index in [4.69, 9.17) is 4.74 Å². The van der Waals surface area contributed by atoms with Gasteiger partial charge in [0.15, 0.2) is 0 Å². The van der Waals surface area contributed by atoms with E-state index in [1.54, 1.807) is 20.8 Å². The first-order valence-corrected chi connectivity index (χ1v) is 7.49. The molecule has 1 atom stereocenters. The molecule has 20 heavy (non-hydrogen) atoms. The van der Waals surface area contributed by atoms with Crippen molar-refractivity contribution in [3.8, 4) is 0 Å². The Balaban J connectivity index is 2.54. The van der Waals surface area contributed by atoms with E-state index in [1.165, 1.54) is 0 Å². The predicted octanol–water partition coefficient (Wildman–Crippen LogP) is 2.59. The standard InChI is InChI=1S/C15H28N2O3/c1-10(2)12(17-14(19)20-15(3,4)5)13(18)16-11-8-6-7-9-11/h10-12H,6-9H2,1-5H3,(H,16,18)(H,17,19)/t12-/m1/s1. The molecular formula is C15H28N2O3.